The molecule has 0 saturated carbocycles. The standard InChI is InChI=1S/C13H19N3OS/c1-4-16(8-10(3)12(14)18)13(17)11-5-9(2)6-15-7-11/h5-7,10H,4,8H2,1-3H3,(H2,14,18). The van der Waals surface area contributed by atoms with E-state index in [1.54, 1.807) is 17.3 Å². The first-order valence-electron chi connectivity index (χ1n) is 5.96. The summed E-state index contributed by atoms with van der Waals surface area (Å²) in [6, 6.07) is 1.84. The van der Waals surface area contributed by atoms with Crippen LogP contribution in [-0.4, -0.2) is 33.9 Å². The number of carbonyl (C=O) groups excluding carboxylic acids is 1. The highest BCUT2D eigenvalue weighted by Gasteiger charge is 2.18. The summed E-state index contributed by atoms with van der Waals surface area (Å²) in [6.07, 6.45) is 3.31. The van der Waals surface area contributed by atoms with Gasteiger partial charge in [0.15, 0.2) is 0 Å². The number of hydrogen-bond donors (Lipinski definition) is 1. The van der Waals surface area contributed by atoms with Gasteiger partial charge < -0.3 is 10.6 Å². The molecule has 1 atom stereocenters. The third kappa shape index (κ3) is 3.77. The van der Waals surface area contributed by atoms with Gasteiger partial charge in [-0.25, -0.2) is 0 Å². The van der Waals surface area contributed by atoms with Crippen molar-refractivity contribution < 1.29 is 4.79 Å². The normalized spacial score (nSPS) is 11.9. The number of pyridine rings is 1. The second-order valence-electron chi connectivity index (χ2n) is 4.40. The number of amides is 1. The topological polar surface area (TPSA) is 59.2 Å². The van der Waals surface area contributed by atoms with Crippen LogP contribution in [-0.2, 0) is 0 Å². The van der Waals surface area contributed by atoms with E-state index in [-0.39, 0.29) is 11.8 Å². The Kier molecular flexibility index (Phi) is 5.22. The smallest absolute Gasteiger partial charge is 0.255 e. The summed E-state index contributed by atoms with van der Waals surface area (Å²) in [5.41, 5.74) is 7.16. The Morgan fingerprint density at radius 1 is 1.56 bits per heavy atom. The Morgan fingerprint density at radius 2 is 2.22 bits per heavy atom. The highest BCUT2D eigenvalue weighted by atomic mass is 32.1. The van der Waals surface area contributed by atoms with Gasteiger partial charge in [-0.2, -0.15) is 0 Å². The molecule has 5 heteroatoms. The third-order valence-corrected chi connectivity index (χ3v) is 3.17. The highest BCUT2D eigenvalue weighted by Crippen LogP contribution is 2.08. The van der Waals surface area contributed by atoms with Gasteiger partial charge in [0.2, 0.25) is 0 Å². The van der Waals surface area contributed by atoms with Crippen LogP contribution in [0.1, 0.15) is 29.8 Å². The molecule has 1 heterocycles. The van der Waals surface area contributed by atoms with Crippen molar-refractivity contribution in [2.24, 2.45) is 11.7 Å². The number of rotatable bonds is 5. The molecule has 98 valence electrons. The van der Waals surface area contributed by atoms with Crippen LogP contribution in [0.3, 0.4) is 0 Å². The molecule has 18 heavy (non-hydrogen) atoms. The Morgan fingerprint density at radius 3 is 2.72 bits per heavy atom. The van der Waals surface area contributed by atoms with E-state index in [4.69, 9.17) is 18.0 Å². The van der Waals surface area contributed by atoms with Crippen molar-refractivity contribution >= 4 is 23.1 Å². The lowest BCUT2D eigenvalue weighted by atomic mass is 10.1. The van der Waals surface area contributed by atoms with Crippen molar-refractivity contribution in [3.8, 4) is 0 Å². The molecule has 0 aromatic carbocycles. The zero-order chi connectivity index (χ0) is 13.7. The molecule has 0 aliphatic carbocycles. The maximum atomic E-state index is 12.3. The van der Waals surface area contributed by atoms with E-state index in [2.05, 4.69) is 4.98 Å². The number of aromatic nitrogens is 1. The van der Waals surface area contributed by atoms with Crippen LogP contribution in [0.2, 0.25) is 0 Å². The Balaban J connectivity index is 2.82. The van der Waals surface area contributed by atoms with E-state index in [1.807, 2.05) is 26.8 Å². The lowest BCUT2D eigenvalue weighted by Crippen LogP contribution is -2.38. The highest BCUT2D eigenvalue weighted by molar-refractivity contribution is 7.80. The summed E-state index contributed by atoms with van der Waals surface area (Å²) in [5.74, 6) is -0.0153. The Hall–Kier alpha value is -1.49. The number of nitrogens with zero attached hydrogens (tertiary/aromatic N) is 2. The van der Waals surface area contributed by atoms with E-state index in [0.717, 1.165) is 5.56 Å². The fraction of sp³-hybridized carbons (Fsp3) is 0.462. The fourth-order valence-corrected chi connectivity index (χ4v) is 1.71. The average molecular weight is 265 g/mol. The molecule has 0 aliphatic heterocycles. The van der Waals surface area contributed by atoms with Gasteiger partial charge in [-0.05, 0) is 25.5 Å². The van der Waals surface area contributed by atoms with E-state index < -0.39 is 0 Å². The SMILES string of the molecule is CCN(CC(C)C(N)=S)C(=O)c1cncc(C)c1. The van der Waals surface area contributed by atoms with Crippen molar-refractivity contribution in [1.29, 1.82) is 0 Å². The van der Waals surface area contributed by atoms with Crippen molar-refractivity contribution in [2.45, 2.75) is 20.8 Å². The first kappa shape index (κ1) is 14.6. The molecule has 0 saturated heterocycles. The molecule has 0 radical (unpaired) electrons. The average Bonchev–Trinajstić information content (AvgIpc) is 2.34. The van der Waals surface area contributed by atoms with Crippen molar-refractivity contribution in [3.05, 3.63) is 29.6 Å². The van der Waals surface area contributed by atoms with Gasteiger partial charge in [-0.3, -0.25) is 9.78 Å². The molecular weight excluding hydrogens is 246 g/mol. The second-order valence-corrected chi connectivity index (χ2v) is 4.87. The summed E-state index contributed by atoms with van der Waals surface area (Å²) in [6.45, 7) is 6.94. The van der Waals surface area contributed by atoms with Gasteiger partial charge in [0.1, 0.15) is 0 Å². The second kappa shape index (κ2) is 6.44. The molecule has 0 aliphatic rings. The summed E-state index contributed by atoms with van der Waals surface area (Å²) >= 11 is 4.94. The van der Waals surface area contributed by atoms with E-state index in [0.29, 0.717) is 23.6 Å². The van der Waals surface area contributed by atoms with Crippen molar-refractivity contribution in [1.82, 2.24) is 9.88 Å². The minimum atomic E-state index is -0.0307. The van der Waals surface area contributed by atoms with E-state index >= 15 is 0 Å². The van der Waals surface area contributed by atoms with Crippen molar-refractivity contribution in [2.75, 3.05) is 13.1 Å². The monoisotopic (exact) mass is 265 g/mol. The van der Waals surface area contributed by atoms with Gasteiger partial charge in [0, 0.05) is 31.4 Å². The van der Waals surface area contributed by atoms with Gasteiger partial charge >= 0.3 is 0 Å². The number of carbonyl (C=O) groups is 1. The fourth-order valence-electron chi connectivity index (χ4n) is 1.63. The lowest BCUT2D eigenvalue weighted by Gasteiger charge is -2.24. The summed E-state index contributed by atoms with van der Waals surface area (Å²) < 4.78 is 0. The number of thiocarbonyl (C=S) groups is 1. The van der Waals surface area contributed by atoms with Crippen LogP contribution in [0.15, 0.2) is 18.5 Å². The zero-order valence-corrected chi connectivity index (χ0v) is 11.8. The van der Waals surface area contributed by atoms with Gasteiger partial charge in [0.25, 0.3) is 5.91 Å². The number of hydrogen-bond acceptors (Lipinski definition) is 3. The maximum absolute atomic E-state index is 12.3. The molecule has 4 nitrogen and oxygen atoms in total. The first-order chi connectivity index (χ1) is 8.45. The minimum Gasteiger partial charge on any atom is -0.393 e. The van der Waals surface area contributed by atoms with E-state index in [1.165, 1.54) is 0 Å². The first-order valence-corrected chi connectivity index (χ1v) is 6.36. The Labute approximate surface area is 113 Å². The van der Waals surface area contributed by atoms with E-state index in [9.17, 15) is 4.79 Å². The quantitative estimate of drug-likeness (QED) is 0.824. The van der Waals surface area contributed by atoms with Crippen LogP contribution >= 0.6 is 12.2 Å². The van der Waals surface area contributed by atoms with Crippen LogP contribution in [0.25, 0.3) is 0 Å². The Bertz CT molecular complexity index is 448. The van der Waals surface area contributed by atoms with Gasteiger partial charge in [0.05, 0.1) is 10.6 Å². The molecule has 0 spiro atoms. The predicted octanol–water partition coefficient (Wildman–Crippen LogP) is 1.77. The number of aryl methyl sites for hydroxylation is 1. The maximum Gasteiger partial charge on any atom is 0.255 e. The van der Waals surface area contributed by atoms with Crippen LogP contribution in [0.4, 0.5) is 0 Å². The largest absolute Gasteiger partial charge is 0.393 e. The molecular formula is C13H19N3OS. The van der Waals surface area contributed by atoms with Crippen LogP contribution in [0, 0.1) is 12.8 Å². The minimum absolute atomic E-state index is 0.0154. The summed E-state index contributed by atoms with van der Waals surface area (Å²) in [4.78, 5) is 18.5. The number of nitrogens with two attached hydrogens (primary N) is 1. The van der Waals surface area contributed by atoms with Crippen LogP contribution in [0.5, 0.6) is 0 Å². The predicted molar refractivity (Wildman–Crippen MR) is 76.5 cm³/mol. The molecule has 0 fully saturated rings. The third-order valence-electron chi connectivity index (χ3n) is 2.77. The molecule has 1 rings (SSSR count). The molecule has 0 bridgehead atoms. The molecule has 1 aromatic heterocycles. The van der Waals surface area contributed by atoms with Gasteiger partial charge in [-0.1, -0.05) is 19.1 Å². The molecule has 1 amide bonds. The van der Waals surface area contributed by atoms with Crippen LogP contribution < -0.4 is 5.73 Å². The lowest BCUT2D eigenvalue weighted by molar-refractivity contribution is 0.0754. The molecule has 2 N–H and O–H groups in total. The molecule has 1 aromatic rings. The zero-order valence-electron chi connectivity index (χ0n) is 11.0. The molecule has 1 unspecified atom stereocenters. The van der Waals surface area contributed by atoms with Gasteiger partial charge in [-0.15, -0.1) is 0 Å². The summed E-state index contributed by atoms with van der Waals surface area (Å²) in [5, 5.41) is 0. The van der Waals surface area contributed by atoms with Crippen molar-refractivity contribution in [3.63, 3.8) is 0 Å². The summed E-state index contributed by atoms with van der Waals surface area (Å²) in [7, 11) is 0.